The van der Waals surface area contributed by atoms with Gasteiger partial charge in [0, 0.05) is 24.8 Å². The highest BCUT2D eigenvalue weighted by atomic mass is 16.1. The summed E-state index contributed by atoms with van der Waals surface area (Å²) in [4.78, 5) is 22.6. The number of amides is 1. The van der Waals surface area contributed by atoms with Crippen LogP contribution < -0.4 is 5.32 Å². The van der Waals surface area contributed by atoms with Crippen LogP contribution in [0.15, 0.2) is 42.6 Å². The number of nitrogens with zero attached hydrogens (tertiary/aromatic N) is 2. The predicted octanol–water partition coefficient (Wildman–Crippen LogP) is 2.20. The van der Waals surface area contributed by atoms with Crippen LogP contribution in [0.2, 0.25) is 0 Å². The Labute approximate surface area is 116 Å². The SMILES string of the molecule is N#Cc1cccc(NC(=O)CCn2cccc2C=O)c1. The van der Waals surface area contributed by atoms with E-state index in [0.29, 0.717) is 23.5 Å². The lowest BCUT2D eigenvalue weighted by molar-refractivity contribution is -0.116. The topological polar surface area (TPSA) is 74.9 Å². The van der Waals surface area contributed by atoms with Gasteiger partial charge in [0.05, 0.1) is 17.3 Å². The lowest BCUT2D eigenvalue weighted by Crippen LogP contribution is -2.15. The summed E-state index contributed by atoms with van der Waals surface area (Å²) in [5, 5.41) is 11.5. The molecule has 2 aromatic rings. The van der Waals surface area contributed by atoms with Gasteiger partial charge < -0.3 is 9.88 Å². The molecule has 1 aromatic carbocycles. The van der Waals surface area contributed by atoms with Crippen molar-refractivity contribution in [3.8, 4) is 6.07 Å². The molecule has 5 heteroatoms. The zero-order valence-corrected chi connectivity index (χ0v) is 10.7. The van der Waals surface area contributed by atoms with E-state index in [1.807, 2.05) is 6.07 Å². The van der Waals surface area contributed by atoms with Crippen molar-refractivity contribution in [2.45, 2.75) is 13.0 Å². The average Bonchev–Trinajstić information content (AvgIpc) is 2.93. The van der Waals surface area contributed by atoms with Crippen molar-refractivity contribution in [2.24, 2.45) is 0 Å². The van der Waals surface area contributed by atoms with E-state index in [1.165, 1.54) is 0 Å². The summed E-state index contributed by atoms with van der Waals surface area (Å²) in [6.45, 7) is 0.435. The third-order valence-electron chi connectivity index (χ3n) is 2.84. The smallest absolute Gasteiger partial charge is 0.226 e. The molecule has 1 heterocycles. The Morgan fingerprint density at radius 2 is 2.20 bits per heavy atom. The Kier molecular flexibility index (Phi) is 4.30. The summed E-state index contributed by atoms with van der Waals surface area (Å²) in [7, 11) is 0. The number of carbonyl (C=O) groups excluding carboxylic acids is 2. The molecule has 0 atom stereocenters. The fourth-order valence-electron chi connectivity index (χ4n) is 1.85. The Bertz CT molecular complexity index is 668. The maximum absolute atomic E-state index is 11.8. The summed E-state index contributed by atoms with van der Waals surface area (Å²) in [6, 6.07) is 12.2. The Hall–Kier alpha value is -2.87. The number of hydrogen-bond acceptors (Lipinski definition) is 3. The van der Waals surface area contributed by atoms with Crippen molar-refractivity contribution in [1.82, 2.24) is 4.57 Å². The lowest BCUT2D eigenvalue weighted by atomic mass is 10.2. The highest BCUT2D eigenvalue weighted by Gasteiger charge is 2.05. The number of aldehydes is 1. The molecule has 1 amide bonds. The number of nitriles is 1. The van der Waals surface area contributed by atoms with Crippen molar-refractivity contribution in [3.05, 3.63) is 53.9 Å². The quantitative estimate of drug-likeness (QED) is 0.844. The van der Waals surface area contributed by atoms with Crippen LogP contribution in [-0.2, 0) is 11.3 Å². The van der Waals surface area contributed by atoms with Gasteiger partial charge in [-0.1, -0.05) is 6.07 Å². The van der Waals surface area contributed by atoms with Gasteiger partial charge in [0.1, 0.15) is 0 Å². The number of benzene rings is 1. The number of anilines is 1. The minimum absolute atomic E-state index is 0.161. The third kappa shape index (κ3) is 3.33. The summed E-state index contributed by atoms with van der Waals surface area (Å²) in [5.41, 5.74) is 1.64. The summed E-state index contributed by atoms with van der Waals surface area (Å²) >= 11 is 0. The van der Waals surface area contributed by atoms with E-state index in [4.69, 9.17) is 5.26 Å². The number of hydrogen-bond donors (Lipinski definition) is 1. The van der Waals surface area contributed by atoms with E-state index in [1.54, 1.807) is 47.2 Å². The third-order valence-corrected chi connectivity index (χ3v) is 2.84. The molecule has 0 spiro atoms. The first-order chi connectivity index (χ1) is 9.72. The Morgan fingerprint density at radius 1 is 1.35 bits per heavy atom. The number of aromatic nitrogens is 1. The second-order valence-electron chi connectivity index (χ2n) is 4.24. The number of aryl methyl sites for hydroxylation is 1. The van der Waals surface area contributed by atoms with Crippen molar-refractivity contribution in [1.29, 1.82) is 5.26 Å². The summed E-state index contributed by atoms with van der Waals surface area (Å²) in [6.07, 6.45) is 2.77. The van der Waals surface area contributed by atoms with E-state index >= 15 is 0 Å². The van der Waals surface area contributed by atoms with Crippen LogP contribution in [0.5, 0.6) is 0 Å². The summed E-state index contributed by atoms with van der Waals surface area (Å²) in [5.74, 6) is -0.161. The highest BCUT2D eigenvalue weighted by molar-refractivity contribution is 5.90. The molecule has 0 unspecified atom stereocenters. The fraction of sp³-hybridized carbons (Fsp3) is 0.133. The first kappa shape index (κ1) is 13.6. The van der Waals surface area contributed by atoms with Crippen molar-refractivity contribution >= 4 is 17.9 Å². The molecule has 0 aliphatic carbocycles. The molecule has 0 aliphatic rings. The van der Waals surface area contributed by atoms with Crippen LogP contribution in [0.25, 0.3) is 0 Å². The van der Waals surface area contributed by atoms with Gasteiger partial charge in [0.25, 0.3) is 0 Å². The molecule has 0 saturated carbocycles. The van der Waals surface area contributed by atoms with Gasteiger partial charge in [-0.25, -0.2) is 0 Å². The monoisotopic (exact) mass is 267 g/mol. The minimum atomic E-state index is -0.161. The van der Waals surface area contributed by atoms with E-state index in [2.05, 4.69) is 5.32 Å². The van der Waals surface area contributed by atoms with Gasteiger partial charge in [-0.3, -0.25) is 9.59 Å². The molecule has 0 aliphatic heterocycles. The van der Waals surface area contributed by atoms with E-state index < -0.39 is 0 Å². The molecule has 0 saturated heterocycles. The largest absolute Gasteiger partial charge is 0.345 e. The molecular weight excluding hydrogens is 254 g/mol. The maximum Gasteiger partial charge on any atom is 0.226 e. The molecule has 0 bridgehead atoms. The molecule has 20 heavy (non-hydrogen) atoms. The molecule has 1 N–H and O–H groups in total. The molecule has 1 aromatic heterocycles. The zero-order chi connectivity index (χ0) is 14.4. The van der Waals surface area contributed by atoms with Crippen LogP contribution in [0.4, 0.5) is 5.69 Å². The second kappa shape index (κ2) is 6.34. The highest BCUT2D eigenvalue weighted by Crippen LogP contribution is 2.10. The van der Waals surface area contributed by atoms with E-state index in [0.717, 1.165) is 6.29 Å². The summed E-state index contributed by atoms with van der Waals surface area (Å²) < 4.78 is 1.72. The van der Waals surface area contributed by atoms with Gasteiger partial charge in [-0.05, 0) is 30.3 Å². The average molecular weight is 267 g/mol. The number of rotatable bonds is 5. The molecule has 5 nitrogen and oxygen atoms in total. The van der Waals surface area contributed by atoms with Crippen LogP contribution in [-0.4, -0.2) is 16.8 Å². The Balaban J connectivity index is 1.93. The second-order valence-corrected chi connectivity index (χ2v) is 4.24. The standard InChI is InChI=1S/C15H13N3O2/c16-10-12-3-1-4-13(9-12)17-15(20)6-8-18-7-2-5-14(18)11-19/h1-5,7,9,11H,6,8H2,(H,17,20). The lowest BCUT2D eigenvalue weighted by Gasteiger charge is -2.07. The van der Waals surface area contributed by atoms with Gasteiger partial charge in [-0.2, -0.15) is 5.26 Å². The van der Waals surface area contributed by atoms with Crippen molar-refractivity contribution in [2.75, 3.05) is 5.32 Å². The van der Waals surface area contributed by atoms with Gasteiger partial charge in [-0.15, -0.1) is 0 Å². The minimum Gasteiger partial charge on any atom is -0.345 e. The van der Waals surface area contributed by atoms with Crippen molar-refractivity contribution < 1.29 is 9.59 Å². The molecule has 0 radical (unpaired) electrons. The molecule has 0 fully saturated rings. The van der Waals surface area contributed by atoms with E-state index in [9.17, 15) is 9.59 Å². The van der Waals surface area contributed by atoms with Crippen LogP contribution in [0.3, 0.4) is 0 Å². The van der Waals surface area contributed by atoms with Crippen molar-refractivity contribution in [3.63, 3.8) is 0 Å². The van der Waals surface area contributed by atoms with Crippen LogP contribution in [0.1, 0.15) is 22.5 Å². The Morgan fingerprint density at radius 3 is 2.95 bits per heavy atom. The van der Waals surface area contributed by atoms with Gasteiger partial charge in [0.15, 0.2) is 6.29 Å². The van der Waals surface area contributed by atoms with Crippen LogP contribution in [0, 0.1) is 11.3 Å². The molecular formula is C15H13N3O2. The van der Waals surface area contributed by atoms with Gasteiger partial charge in [0.2, 0.25) is 5.91 Å². The molecule has 2 rings (SSSR count). The zero-order valence-electron chi connectivity index (χ0n) is 10.7. The number of carbonyl (C=O) groups is 2. The van der Waals surface area contributed by atoms with E-state index in [-0.39, 0.29) is 12.3 Å². The predicted molar refractivity (Wildman–Crippen MR) is 74.2 cm³/mol. The van der Waals surface area contributed by atoms with Crippen LogP contribution >= 0.6 is 0 Å². The normalized spacial score (nSPS) is 9.75. The maximum atomic E-state index is 11.8. The van der Waals surface area contributed by atoms with Gasteiger partial charge >= 0.3 is 0 Å². The molecule has 100 valence electrons. The fourth-order valence-corrected chi connectivity index (χ4v) is 1.85. The first-order valence-corrected chi connectivity index (χ1v) is 6.13. The first-order valence-electron chi connectivity index (χ1n) is 6.13. The number of nitrogens with one attached hydrogen (secondary N) is 1.